The number of benzene rings is 2. The van der Waals surface area contributed by atoms with Gasteiger partial charge in [-0.15, -0.1) is 11.3 Å². The first-order valence-corrected chi connectivity index (χ1v) is 10.4. The Morgan fingerprint density at radius 1 is 1.03 bits per heavy atom. The zero-order valence-electron chi connectivity index (χ0n) is 15.9. The second kappa shape index (κ2) is 9.03. The van der Waals surface area contributed by atoms with Gasteiger partial charge < -0.3 is 20.3 Å². The summed E-state index contributed by atoms with van der Waals surface area (Å²) in [7, 11) is 0. The summed E-state index contributed by atoms with van der Waals surface area (Å²) in [5.74, 6) is -0.823. The number of hydrogen-bond acceptors (Lipinski definition) is 7. The van der Waals surface area contributed by atoms with Gasteiger partial charge in [0, 0.05) is 17.1 Å². The largest absolute Gasteiger partial charge is 0.501 e. The SMILES string of the molecule is O=C(NCc1c(Cl)cccc1Oc1ccccc1)c1nc(-c2cccs2)nc(O)c1O. The molecule has 2 heterocycles. The summed E-state index contributed by atoms with van der Waals surface area (Å²) in [6.45, 7) is 0.0131. The third kappa shape index (κ3) is 4.60. The van der Waals surface area contributed by atoms with E-state index in [1.807, 2.05) is 23.6 Å². The maximum absolute atomic E-state index is 12.7. The Morgan fingerprint density at radius 3 is 2.58 bits per heavy atom. The summed E-state index contributed by atoms with van der Waals surface area (Å²) >= 11 is 7.67. The number of nitrogens with zero attached hydrogens (tertiary/aromatic N) is 2. The van der Waals surface area contributed by atoms with Crippen LogP contribution < -0.4 is 10.1 Å². The van der Waals surface area contributed by atoms with Crippen LogP contribution in [-0.4, -0.2) is 26.1 Å². The van der Waals surface area contributed by atoms with Crippen LogP contribution in [0.15, 0.2) is 66.0 Å². The highest BCUT2D eigenvalue weighted by atomic mass is 35.5. The molecule has 4 rings (SSSR count). The summed E-state index contributed by atoms with van der Waals surface area (Å²) in [6, 6.07) is 17.9. The number of aromatic nitrogens is 2. The van der Waals surface area contributed by atoms with E-state index >= 15 is 0 Å². The van der Waals surface area contributed by atoms with Gasteiger partial charge in [-0.25, -0.2) is 4.98 Å². The number of ether oxygens (including phenoxy) is 1. The summed E-state index contributed by atoms with van der Waals surface area (Å²) in [5.41, 5.74) is 0.214. The van der Waals surface area contributed by atoms with Crippen LogP contribution in [0.2, 0.25) is 5.02 Å². The van der Waals surface area contributed by atoms with Gasteiger partial charge in [-0.3, -0.25) is 4.79 Å². The Kier molecular flexibility index (Phi) is 6.01. The number of carbonyl (C=O) groups excluding carboxylic acids is 1. The fourth-order valence-electron chi connectivity index (χ4n) is 2.79. The molecule has 2 aromatic heterocycles. The number of para-hydroxylation sites is 1. The molecule has 0 fully saturated rings. The van der Waals surface area contributed by atoms with Gasteiger partial charge in [-0.2, -0.15) is 4.98 Å². The van der Waals surface area contributed by atoms with Crippen molar-refractivity contribution in [3.63, 3.8) is 0 Å². The van der Waals surface area contributed by atoms with E-state index in [1.54, 1.807) is 42.5 Å². The van der Waals surface area contributed by atoms with Crippen molar-refractivity contribution in [2.45, 2.75) is 6.54 Å². The van der Waals surface area contributed by atoms with Crippen LogP contribution in [-0.2, 0) is 6.54 Å². The van der Waals surface area contributed by atoms with E-state index < -0.39 is 17.5 Å². The molecule has 0 saturated carbocycles. The Hall–Kier alpha value is -3.62. The zero-order chi connectivity index (χ0) is 21.8. The Labute approximate surface area is 186 Å². The lowest BCUT2D eigenvalue weighted by atomic mass is 10.2. The number of halogens is 1. The van der Waals surface area contributed by atoms with Crippen molar-refractivity contribution >= 4 is 28.8 Å². The van der Waals surface area contributed by atoms with Crippen LogP contribution in [0.25, 0.3) is 10.7 Å². The Balaban J connectivity index is 1.57. The highest BCUT2D eigenvalue weighted by molar-refractivity contribution is 7.13. The van der Waals surface area contributed by atoms with Crippen LogP contribution in [0.1, 0.15) is 16.1 Å². The van der Waals surface area contributed by atoms with E-state index in [0.717, 1.165) is 0 Å². The molecule has 0 aliphatic rings. The molecule has 3 N–H and O–H groups in total. The molecule has 0 unspecified atom stereocenters. The second-order valence-electron chi connectivity index (χ2n) is 6.36. The molecule has 7 nitrogen and oxygen atoms in total. The van der Waals surface area contributed by atoms with Crippen LogP contribution in [0, 0.1) is 0 Å². The summed E-state index contributed by atoms with van der Waals surface area (Å²) < 4.78 is 5.89. The minimum Gasteiger partial charge on any atom is -0.501 e. The van der Waals surface area contributed by atoms with E-state index in [4.69, 9.17) is 16.3 Å². The van der Waals surface area contributed by atoms with E-state index in [0.29, 0.717) is 27.0 Å². The number of nitrogens with one attached hydrogen (secondary N) is 1. The fraction of sp³-hybridized carbons (Fsp3) is 0.0455. The van der Waals surface area contributed by atoms with Crippen molar-refractivity contribution in [3.8, 4) is 33.8 Å². The fourth-order valence-corrected chi connectivity index (χ4v) is 3.68. The van der Waals surface area contributed by atoms with Gasteiger partial charge >= 0.3 is 0 Å². The lowest BCUT2D eigenvalue weighted by molar-refractivity contribution is 0.0941. The highest BCUT2D eigenvalue weighted by Crippen LogP contribution is 2.32. The van der Waals surface area contributed by atoms with Crippen molar-refractivity contribution in [1.29, 1.82) is 0 Å². The molecule has 2 aromatic carbocycles. The summed E-state index contributed by atoms with van der Waals surface area (Å²) in [6.07, 6.45) is 0. The molecule has 0 spiro atoms. The molecule has 9 heteroatoms. The van der Waals surface area contributed by atoms with Gasteiger partial charge in [-0.1, -0.05) is 41.9 Å². The second-order valence-corrected chi connectivity index (χ2v) is 7.71. The third-order valence-corrected chi connectivity index (χ3v) is 5.51. The molecule has 0 radical (unpaired) electrons. The van der Waals surface area contributed by atoms with E-state index in [2.05, 4.69) is 15.3 Å². The van der Waals surface area contributed by atoms with Crippen molar-refractivity contribution in [3.05, 3.63) is 82.3 Å². The van der Waals surface area contributed by atoms with E-state index in [1.165, 1.54) is 11.3 Å². The molecule has 0 aliphatic carbocycles. The molecule has 0 aliphatic heterocycles. The van der Waals surface area contributed by atoms with E-state index in [-0.39, 0.29) is 18.1 Å². The molecule has 0 saturated heterocycles. The zero-order valence-corrected chi connectivity index (χ0v) is 17.5. The first-order chi connectivity index (χ1) is 15.0. The standard InChI is InChI=1S/C22H16ClN3O4S/c23-15-8-4-9-16(30-13-6-2-1-3-7-13)14(15)12-24-21(28)18-19(27)22(29)26-20(25-18)17-10-5-11-31-17/h1-11,27H,12H2,(H,24,28)(H,25,26,29). The normalized spacial score (nSPS) is 10.6. The number of hydrogen-bond donors (Lipinski definition) is 3. The molecule has 156 valence electrons. The number of carbonyl (C=O) groups is 1. The van der Waals surface area contributed by atoms with Crippen molar-refractivity contribution in [2.24, 2.45) is 0 Å². The van der Waals surface area contributed by atoms with Crippen LogP contribution >= 0.6 is 22.9 Å². The molecule has 4 aromatic rings. The molecule has 0 bridgehead atoms. The number of amides is 1. The number of rotatable bonds is 6. The minimum atomic E-state index is -0.697. The molecular formula is C22H16ClN3O4S. The van der Waals surface area contributed by atoms with Gasteiger partial charge in [-0.05, 0) is 35.7 Å². The van der Waals surface area contributed by atoms with Crippen molar-refractivity contribution < 1.29 is 19.7 Å². The quantitative estimate of drug-likeness (QED) is 0.380. The van der Waals surface area contributed by atoms with Crippen LogP contribution in [0.5, 0.6) is 23.1 Å². The molecular weight excluding hydrogens is 438 g/mol. The van der Waals surface area contributed by atoms with Gasteiger partial charge in [0.15, 0.2) is 11.5 Å². The van der Waals surface area contributed by atoms with Gasteiger partial charge in [0.2, 0.25) is 5.75 Å². The Bertz CT molecular complexity index is 1220. The van der Waals surface area contributed by atoms with Gasteiger partial charge in [0.1, 0.15) is 11.5 Å². The van der Waals surface area contributed by atoms with Gasteiger partial charge in [0.25, 0.3) is 11.8 Å². The monoisotopic (exact) mass is 453 g/mol. The smallest absolute Gasteiger partial charge is 0.274 e. The first-order valence-electron chi connectivity index (χ1n) is 9.15. The Morgan fingerprint density at radius 2 is 1.84 bits per heavy atom. The first kappa shape index (κ1) is 20.6. The van der Waals surface area contributed by atoms with Crippen LogP contribution in [0.4, 0.5) is 0 Å². The number of thiophene rings is 1. The minimum absolute atomic E-state index is 0.0131. The summed E-state index contributed by atoms with van der Waals surface area (Å²) in [5, 5.41) is 24.9. The lowest BCUT2D eigenvalue weighted by Gasteiger charge is -2.14. The third-order valence-electron chi connectivity index (χ3n) is 4.29. The maximum Gasteiger partial charge on any atom is 0.274 e. The lowest BCUT2D eigenvalue weighted by Crippen LogP contribution is -2.24. The topological polar surface area (TPSA) is 105 Å². The average Bonchev–Trinajstić information content (AvgIpc) is 3.31. The van der Waals surface area contributed by atoms with Gasteiger partial charge in [0.05, 0.1) is 4.88 Å². The molecule has 0 atom stereocenters. The van der Waals surface area contributed by atoms with Crippen LogP contribution in [0.3, 0.4) is 0 Å². The highest BCUT2D eigenvalue weighted by Gasteiger charge is 2.21. The molecule has 31 heavy (non-hydrogen) atoms. The van der Waals surface area contributed by atoms with Crippen molar-refractivity contribution in [1.82, 2.24) is 15.3 Å². The maximum atomic E-state index is 12.7. The molecule has 1 amide bonds. The van der Waals surface area contributed by atoms with E-state index in [9.17, 15) is 15.0 Å². The number of aromatic hydroxyl groups is 2. The van der Waals surface area contributed by atoms with Crippen molar-refractivity contribution in [2.75, 3.05) is 0 Å². The predicted octanol–water partition coefficient (Wildman–Crippen LogP) is 4.99. The summed E-state index contributed by atoms with van der Waals surface area (Å²) in [4.78, 5) is 21.3. The predicted molar refractivity (Wildman–Crippen MR) is 118 cm³/mol. The average molecular weight is 454 g/mol.